The van der Waals surface area contributed by atoms with Crippen molar-refractivity contribution in [2.24, 2.45) is 5.92 Å². The summed E-state index contributed by atoms with van der Waals surface area (Å²) < 4.78 is 11.5. The van der Waals surface area contributed by atoms with Crippen molar-refractivity contribution < 1.29 is 19.1 Å². The lowest BCUT2D eigenvalue weighted by atomic mass is 10.1. The number of nitrogens with one attached hydrogen (secondary N) is 1. The summed E-state index contributed by atoms with van der Waals surface area (Å²) in [4.78, 5) is 27.2. The molecule has 0 bridgehead atoms. The quantitative estimate of drug-likeness (QED) is 0.503. The van der Waals surface area contributed by atoms with E-state index in [2.05, 4.69) is 21.2 Å². The Morgan fingerprint density at radius 1 is 1.13 bits per heavy atom. The van der Waals surface area contributed by atoms with Gasteiger partial charge in [-0.25, -0.2) is 0 Å². The SMILES string of the molecule is COc1ccc(CN(C(=O)COc2ccc(Cl)cc2Br)[C@H](C)C(=O)NCC(C)C)cc1. The zero-order valence-corrected chi connectivity index (χ0v) is 20.5. The standard InChI is InChI=1S/C23H28BrClN2O4/c1-15(2)12-26-23(29)16(3)27(13-17-5-8-19(30-4)9-6-17)22(28)14-31-21-10-7-18(25)11-20(21)24/h5-11,15-16H,12-14H2,1-4H3,(H,26,29)/t16-/m1/s1. The largest absolute Gasteiger partial charge is 0.497 e. The smallest absolute Gasteiger partial charge is 0.261 e. The zero-order chi connectivity index (χ0) is 23.0. The first-order chi connectivity index (χ1) is 14.7. The average molecular weight is 512 g/mol. The highest BCUT2D eigenvalue weighted by atomic mass is 79.9. The molecule has 0 spiro atoms. The Hall–Kier alpha value is -2.25. The summed E-state index contributed by atoms with van der Waals surface area (Å²) in [5.41, 5.74) is 0.880. The molecule has 0 unspecified atom stereocenters. The maximum absolute atomic E-state index is 13.1. The second kappa shape index (κ2) is 12.0. The molecule has 1 N–H and O–H groups in total. The molecular weight excluding hydrogens is 484 g/mol. The van der Waals surface area contributed by atoms with Gasteiger partial charge in [-0.1, -0.05) is 37.6 Å². The molecule has 31 heavy (non-hydrogen) atoms. The van der Waals surface area contributed by atoms with E-state index >= 15 is 0 Å². The lowest BCUT2D eigenvalue weighted by Crippen LogP contribution is -2.49. The summed E-state index contributed by atoms with van der Waals surface area (Å²) >= 11 is 9.33. The van der Waals surface area contributed by atoms with Gasteiger partial charge in [0.1, 0.15) is 17.5 Å². The van der Waals surface area contributed by atoms with Crippen LogP contribution < -0.4 is 14.8 Å². The van der Waals surface area contributed by atoms with Crippen LogP contribution in [-0.2, 0) is 16.1 Å². The van der Waals surface area contributed by atoms with E-state index in [1.54, 1.807) is 32.2 Å². The molecule has 0 aliphatic heterocycles. The molecule has 0 fully saturated rings. The van der Waals surface area contributed by atoms with E-state index in [1.165, 1.54) is 4.90 Å². The van der Waals surface area contributed by atoms with Crippen LogP contribution in [0.15, 0.2) is 46.9 Å². The van der Waals surface area contributed by atoms with Crippen LogP contribution in [-0.4, -0.2) is 43.0 Å². The molecule has 0 saturated heterocycles. The number of hydrogen-bond acceptors (Lipinski definition) is 4. The third kappa shape index (κ3) is 7.74. The van der Waals surface area contributed by atoms with Gasteiger partial charge in [-0.3, -0.25) is 9.59 Å². The normalized spacial score (nSPS) is 11.7. The van der Waals surface area contributed by atoms with Crippen LogP contribution in [0.3, 0.4) is 0 Å². The van der Waals surface area contributed by atoms with Gasteiger partial charge in [0.05, 0.1) is 11.6 Å². The van der Waals surface area contributed by atoms with Crippen molar-refractivity contribution in [3.63, 3.8) is 0 Å². The van der Waals surface area contributed by atoms with Gasteiger partial charge < -0.3 is 19.7 Å². The van der Waals surface area contributed by atoms with Crippen LogP contribution in [0.25, 0.3) is 0 Å². The van der Waals surface area contributed by atoms with E-state index in [-0.39, 0.29) is 25.0 Å². The van der Waals surface area contributed by atoms with Crippen LogP contribution in [0.5, 0.6) is 11.5 Å². The van der Waals surface area contributed by atoms with Gasteiger partial charge in [0.2, 0.25) is 5.91 Å². The fraction of sp³-hybridized carbons (Fsp3) is 0.391. The molecule has 168 valence electrons. The Morgan fingerprint density at radius 2 is 1.81 bits per heavy atom. The number of halogens is 2. The third-order valence-corrected chi connectivity index (χ3v) is 5.46. The van der Waals surface area contributed by atoms with E-state index in [9.17, 15) is 9.59 Å². The van der Waals surface area contributed by atoms with Gasteiger partial charge in [-0.05, 0) is 64.7 Å². The molecule has 0 heterocycles. The van der Waals surface area contributed by atoms with Gasteiger partial charge in [0, 0.05) is 18.1 Å². The number of carbonyl (C=O) groups excluding carboxylic acids is 2. The first-order valence-corrected chi connectivity index (χ1v) is 11.2. The summed E-state index contributed by atoms with van der Waals surface area (Å²) in [5, 5.41) is 3.45. The lowest BCUT2D eigenvalue weighted by molar-refractivity contribution is -0.142. The van der Waals surface area contributed by atoms with Crippen LogP contribution >= 0.6 is 27.5 Å². The van der Waals surface area contributed by atoms with Crippen molar-refractivity contribution in [3.8, 4) is 11.5 Å². The minimum absolute atomic E-state index is 0.205. The van der Waals surface area contributed by atoms with Crippen LogP contribution in [0.4, 0.5) is 0 Å². The fourth-order valence-electron chi connectivity index (χ4n) is 2.78. The molecule has 0 radical (unpaired) electrons. The van der Waals surface area contributed by atoms with Gasteiger partial charge in [0.15, 0.2) is 6.61 Å². The zero-order valence-electron chi connectivity index (χ0n) is 18.2. The van der Waals surface area contributed by atoms with Crippen molar-refractivity contribution in [2.45, 2.75) is 33.4 Å². The predicted octanol–water partition coefficient (Wildman–Crippen LogP) is 4.68. The lowest BCUT2D eigenvalue weighted by Gasteiger charge is -2.29. The minimum Gasteiger partial charge on any atom is -0.497 e. The number of rotatable bonds is 10. The molecule has 2 aromatic carbocycles. The third-order valence-electron chi connectivity index (χ3n) is 4.61. The number of nitrogens with zero attached hydrogens (tertiary/aromatic N) is 1. The van der Waals surface area contributed by atoms with Crippen LogP contribution in [0.1, 0.15) is 26.3 Å². The number of carbonyl (C=O) groups is 2. The number of benzene rings is 2. The fourth-order valence-corrected chi connectivity index (χ4v) is 3.57. The number of ether oxygens (including phenoxy) is 2. The van der Waals surface area contributed by atoms with E-state index in [0.717, 1.165) is 11.3 Å². The van der Waals surface area contributed by atoms with Crippen molar-refractivity contribution in [1.82, 2.24) is 10.2 Å². The minimum atomic E-state index is -0.661. The maximum atomic E-state index is 13.1. The van der Waals surface area contributed by atoms with Gasteiger partial charge in [-0.15, -0.1) is 0 Å². The maximum Gasteiger partial charge on any atom is 0.261 e. The Kier molecular flexibility index (Phi) is 9.65. The summed E-state index contributed by atoms with van der Waals surface area (Å²) in [6.45, 7) is 6.35. The highest BCUT2D eigenvalue weighted by molar-refractivity contribution is 9.10. The van der Waals surface area contributed by atoms with Crippen molar-refractivity contribution in [1.29, 1.82) is 0 Å². The molecule has 2 aromatic rings. The highest BCUT2D eigenvalue weighted by Crippen LogP contribution is 2.28. The van der Waals surface area contributed by atoms with Crippen LogP contribution in [0, 0.1) is 5.92 Å². The second-order valence-electron chi connectivity index (χ2n) is 7.55. The Balaban J connectivity index is 2.15. The first kappa shape index (κ1) is 25.0. The first-order valence-electron chi connectivity index (χ1n) is 9.99. The summed E-state index contributed by atoms with van der Waals surface area (Å²) in [6.07, 6.45) is 0. The summed E-state index contributed by atoms with van der Waals surface area (Å²) in [7, 11) is 1.60. The average Bonchev–Trinajstić information content (AvgIpc) is 2.74. The van der Waals surface area contributed by atoms with Crippen LogP contribution in [0.2, 0.25) is 5.02 Å². The molecule has 8 heteroatoms. The molecule has 0 aliphatic rings. The molecular formula is C23H28BrClN2O4. The van der Waals surface area contributed by atoms with Gasteiger partial charge in [-0.2, -0.15) is 0 Å². The second-order valence-corrected chi connectivity index (χ2v) is 8.84. The molecule has 0 aromatic heterocycles. The summed E-state index contributed by atoms with van der Waals surface area (Å²) in [6, 6.07) is 11.8. The topological polar surface area (TPSA) is 67.9 Å². The van der Waals surface area contributed by atoms with Crippen molar-refractivity contribution >= 4 is 39.3 Å². The van der Waals surface area contributed by atoms with E-state index in [0.29, 0.717) is 27.7 Å². The molecule has 0 aliphatic carbocycles. The highest BCUT2D eigenvalue weighted by Gasteiger charge is 2.26. The Bertz CT molecular complexity index is 890. The monoisotopic (exact) mass is 510 g/mol. The molecule has 1 atom stereocenters. The Morgan fingerprint density at radius 3 is 2.39 bits per heavy atom. The van der Waals surface area contributed by atoms with Crippen molar-refractivity contribution in [2.75, 3.05) is 20.3 Å². The number of amides is 2. The molecule has 6 nitrogen and oxygen atoms in total. The molecule has 2 amide bonds. The molecule has 0 saturated carbocycles. The van der Waals surface area contributed by atoms with Gasteiger partial charge in [0.25, 0.3) is 5.91 Å². The number of methoxy groups -OCH3 is 1. The predicted molar refractivity (Wildman–Crippen MR) is 126 cm³/mol. The van der Waals surface area contributed by atoms with Crippen molar-refractivity contribution in [3.05, 3.63) is 57.5 Å². The summed E-state index contributed by atoms with van der Waals surface area (Å²) in [5.74, 6) is 1.03. The molecule has 2 rings (SSSR count). The van der Waals surface area contributed by atoms with Gasteiger partial charge >= 0.3 is 0 Å². The van der Waals surface area contributed by atoms with E-state index in [4.69, 9.17) is 21.1 Å². The Labute approximate surface area is 197 Å². The number of hydrogen-bond donors (Lipinski definition) is 1. The van der Waals surface area contributed by atoms with E-state index in [1.807, 2.05) is 38.1 Å². The van der Waals surface area contributed by atoms with E-state index < -0.39 is 6.04 Å².